The molecule has 0 bridgehead atoms. The average Bonchev–Trinajstić information content (AvgIpc) is 2.81. The predicted octanol–water partition coefficient (Wildman–Crippen LogP) is 3.75. The summed E-state index contributed by atoms with van der Waals surface area (Å²) in [4.78, 5) is 19.3. The molecule has 1 saturated heterocycles. The third-order valence-corrected chi connectivity index (χ3v) is 5.52. The van der Waals surface area contributed by atoms with E-state index >= 15 is 0 Å². The fourth-order valence-corrected chi connectivity index (χ4v) is 3.84. The summed E-state index contributed by atoms with van der Waals surface area (Å²) in [6, 6.07) is 0.0822. The number of fused-ring (bicyclic) bond motifs is 1. The van der Waals surface area contributed by atoms with E-state index < -0.39 is 0 Å². The maximum absolute atomic E-state index is 13.2. The largest absolute Gasteiger partial charge is 0.501 e. The van der Waals surface area contributed by atoms with Crippen LogP contribution in [0.5, 0.6) is 0 Å². The zero-order valence-electron chi connectivity index (χ0n) is 18.4. The second kappa shape index (κ2) is 9.32. The van der Waals surface area contributed by atoms with Gasteiger partial charge in [0.05, 0.1) is 32.1 Å². The number of nitrogens with zero attached hydrogens (tertiary/aromatic N) is 3. The van der Waals surface area contributed by atoms with Crippen LogP contribution in [0.1, 0.15) is 33.6 Å². The SMILES string of the molecule is CCN1C(=O)N2CC(/C=C(\C=C(/C)OC)OC)=CCC=C2C1(C)CCN(C)C. The Balaban J connectivity index is 2.31. The van der Waals surface area contributed by atoms with Gasteiger partial charge in [0, 0.05) is 24.9 Å². The van der Waals surface area contributed by atoms with Crippen LogP contribution in [0.3, 0.4) is 0 Å². The molecule has 0 aromatic heterocycles. The Labute approximate surface area is 169 Å². The van der Waals surface area contributed by atoms with Gasteiger partial charge in [-0.1, -0.05) is 12.2 Å². The Kier molecular flexibility index (Phi) is 7.35. The van der Waals surface area contributed by atoms with E-state index in [1.165, 1.54) is 0 Å². The predicted molar refractivity (Wildman–Crippen MR) is 113 cm³/mol. The molecule has 1 fully saturated rings. The van der Waals surface area contributed by atoms with Crippen molar-refractivity contribution < 1.29 is 14.3 Å². The van der Waals surface area contributed by atoms with Crippen molar-refractivity contribution in [1.29, 1.82) is 0 Å². The number of hydrogen-bond donors (Lipinski definition) is 0. The van der Waals surface area contributed by atoms with E-state index in [4.69, 9.17) is 9.47 Å². The molecule has 2 rings (SSSR count). The van der Waals surface area contributed by atoms with E-state index in [1.54, 1.807) is 14.2 Å². The average molecular weight is 390 g/mol. The molecule has 0 radical (unpaired) electrons. The number of likely N-dealkylation sites (N-methyl/N-ethyl adjacent to an activating group) is 1. The number of methoxy groups -OCH3 is 2. The molecular formula is C22H35N3O3. The number of ether oxygens (including phenoxy) is 2. The molecule has 0 saturated carbocycles. The molecule has 2 amide bonds. The molecule has 1 unspecified atom stereocenters. The highest BCUT2D eigenvalue weighted by Gasteiger charge is 2.49. The first kappa shape index (κ1) is 22.1. The Morgan fingerprint density at radius 2 is 2.00 bits per heavy atom. The summed E-state index contributed by atoms with van der Waals surface area (Å²) in [6.45, 7) is 8.30. The molecular weight excluding hydrogens is 354 g/mol. The van der Waals surface area contributed by atoms with Crippen molar-refractivity contribution in [3.8, 4) is 0 Å². The van der Waals surface area contributed by atoms with Crippen molar-refractivity contribution in [3.05, 3.63) is 47.1 Å². The molecule has 0 aromatic carbocycles. The van der Waals surface area contributed by atoms with Gasteiger partial charge in [-0.3, -0.25) is 4.90 Å². The van der Waals surface area contributed by atoms with E-state index in [0.717, 1.165) is 36.4 Å². The van der Waals surface area contributed by atoms with Crippen molar-refractivity contribution in [1.82, 2.24) is 14.7 Å². The van der Waals surface area contributed by atoms with Crippen LogP contribution in [-0.2, 0) is 9.47 Å². The summed E-state index contributed by atoms with van der Waals surface area (Å²) in [5, 5.41) is 0. The lowest BCUT2D eigenvalue weighted by Gasteiger charge is -2.35. The third kappa shape index (κ3) is 4.61. The summed E-state index contributed by atoms with van der Waals surface area (Å²) < 4.78 is 10.7. The van der Waals surface area contributed by atoms with Crippen molar-refractivity contribution >= 4 is 6.03 Å². The summed E-state index contributed by atoms with van der Waals surface area (Å²) in [5.41, 5.74) is 1.90. The van der Waals surface area contributed by atoms with Gasteiger partial charge in [-0.25, -0.2) is 4.79 Å². The summed E-state index contributed by atoms with van der Waals surface area (Å²) in [6.07, 6.45) is 9.91. The molecule has 2 heterocycles. The van der Waals surface area contributed by atoms with Gasteiger partial charge in [-0.2, -0.15) is 0 Å². The second-order valence-electron chi connectivity index (χ2n) is 7.75. The van der Waals surface area contributed by atoms with E-state index in [-0.39, 0.29) is 11.6 Å². The van der Waals surface area contributed by atoms with Gasteiger partial charge in [0.25, 0.3) is 0 Å². The standard InChI is InChI=1S/C22H35N3O3/c1-8-25-21(26)24-16-18(15-19(28-7)14-17(2)27-6)10-9-11-20(24)22(25,3)12-13-23(4)5/h10-11,14-15H,8-9,12-13,16H2,1-7H3/b17-14+,19-15+. The number of amides is 2. The van der Waals surface area contributed by atoms with Crippen LogP contribution in [0.4, 0.5) is 4.79 Å². The summed E-state index contributed by atoms with van der Waals surface area (Å²) in [5.74, 6) is 1.48. The van der Waals surface area contributed by atoms with Crippen LogP contribution in [0.2, 0.25) is 0 Å². The Morgan fingerprint density at radius 3 is 2.57 bits per heavy atom. The van der Waals surface area contributed by atoms with Gasteiger partial charge in [0.2, 0.25) is 0 Å². The van der Waals surface area contributed by atoms with Crippen molar-refractivity contribution in [3.63, 3.8) is 0 Å². The highest BCUT2D eigenvalue weighted by molar-refractivity contribution is 5.82. The van der Waals surface area contributed by atoms with Crippen LogP contribution >= 0.6 is 0 Å². The first-order valence-electron chi connectivity index (χ1n) is 9.88. The number of carbonyl (C=O) groups excluding carboxylic acids is 1. The maximum Gasteiger partial charge on any atom is 0.325 e. The van der Waals surface area contributed by atoms with E-state index in [1.807, 2.05) is 28.9 Å². The number of carbonyl (C=O) groups is 1. The molecule has 6 heteroatoms. The molecule has 0 N–H and O–H groups in total. The lowest BCUT2D eigenvalue weighted by atomic mass is 9.91. The monoisotopic (exact) mass is 389 g/mol. The minimum absolute atomic E-state index is 0.0822. The fourth-order valence-electron chi connectivity index (χ4n) is 3.84. The topological polar surface area (TPSA) is 45.3 Å². The number of allylic oxidation sites excluding steroid dienone is 4. The van der Waals surface area contributed by atoms with Gasteiger partial charge in [-0.15, -0.1) is 0 Å². The highest BCUT2D eigenvalue weighted by atomic mass is 16.5. The quantitative estimate of drug-likeness (QED) is 0.468. The first-order valence-corrected chi connectivity index (χ1v) is 9.88. The molecule has 28 heavy (non-hydrogen) atoms. The van der Waals surface area contributed by atoms with Gasteiger partial charge < -0.3 is 19.3 Å². The van der Waals surface area contributed by atoms with Crippen LogP contribution in [-0.4, -0.2) is 74.2 Å². The molecule has 1 atom stereocenters. The van der Waals surface area contributed by atoms with Crippen LogP contribution < -0.4 is 0 Å². The van der Waals surface area contributed by atoms with Gasteiger partial charge >= 0.3 is 6.03 Å². The fraction of sp³-hybridized carbons (Fsp3) is 0.591. The smallest absolute Gasteiger partial charge is 0.325 e. The van der Waals surface area contributed by atoms with Crippen LogP contribution in [0.15, 0.2) is 47.1 Å². The van der Waals surface area contributed by atoms with Gasteiger partial charge in [-0.05, 0) is 59.4 Å². The van der Waals surface area contributed by atoms with E-state index in [0.29, 0.717) is 18.8 Å². The lowest BCUT2D eigenvalue weighted by molar-refractivity contribution is 0.161. The molecule has 156 valence electrons. The molecule has 0 aromatic rings. The van der Waals surface area contributed by atoms with Crippen molar-refractivity contribution in [2.45, 2.75) is 39.2 Å². The first-order chi connectivity index (χ1) is 13.3. The maximum atomic E-state index is 13.2. The molecule has 2 aliphatic rings. The van der Waals surface area contributed by atoms with Gasteiger partial charge in [0.1, 0.15) is 5.76 Å². The lowest BCUT2D eigenvalue weighted by Crippen LogP contribution is -2.45. The van der Waals surface area contributed by atoms with Crippen LogP contribution in [0.25, 0.3) is 0 Å². The molecule has 2 aliphatic heterocycles. The van der Waals surface area contributed by atoms with Crippen LogP contribution in [0, 0.1) is 0 Å². The number of urea groups is 1. The third-order valence-electron chi connectivity index (χ3n) is 5.52. The zero-order chi connectivity index (χ0) is 20.9. The Bertz CT molecular complexity index is 706. The highest BCUT2D eigenvalue weighted by Crippen LogP contribution is 2.40. The molecule has 6 nitrogen and oxygen atoms in total. The Morgan fingerprint density at radius 1 is 1.29 bits per heavy atom. The minimum atomic E-state index is -0.278. The minimum Gasteiger partial charge on any atom is -0.501 e. The number of rotatable bonds is 8. The van der Waals surface area contributed by atoms with E-state index in [2.05, 4.69) is 45.0 Å². The summed E-state index contributed by atoms with van der Waals surface area (Å²) in [7, 11) is 7.42. The second-order valence-corrected chi connectivity index (χ2v) is 7.75. The molecule has 0 aliphatic carbocycles. The number of hydrogen-bond acceptors (Lipinski definition) is 4. The van der Waals surface area contributed by atoms with Gasteiger partial charge in [0.15, 0.2) is 0 Å². The van der Waals surface area contributed by atoms with Crippen molar-refractivity contribution in [2.24, 2.45) is 0 Å². The zero-order valence-corrected chi connectivity index (χ0v) is 18.4. The van der Waals surface area contributed by atoms with Crippen molar-refractivity contribution in [2.75, 3.05) is 47.9 Å². The van der Waals surface area contributed by atoms with E-state index in [9.17, 15) is 4.79 Å². The summed E-state index contributed by atoms with van der Waals surface area (Å²) >= 11 is 0. The normalized spacial score (nSPS) is 23.5. The molecule has 0 spiro atoms. The Hall–Kier alpha value is -2.21.